The molecule has 1 aliphatic carbocycles. The number of morpholine rings is 1. The van der Waals surface area contributed by atoms with E-state index in [1.165, 1.54) is 19.3 Å². The van der Waals surface area contributed by atoms with E-state index in [1.807, 2.05) is 0 Å². The molecule has 0 aromatic carbocycles. The summed E-state index contributed by atoms with van der Waals surface area (Å²) >= 11 is 0. The lowest BCUT2D eigenvalue weighted by atomic mass is 9.66. The van der Waals surface area contributed by atoms with Crippen LogP contribution in [0.2, 0.25) is 0 Å². The summed E-state index contributed by atoms with van der Waals surface area (Å²) in [6.07, 6.45) is 3.94. The molecule has 1 saturated carbocycles. The van der Waals surface area contributed by atoms with Gasteiger partial charge in [0.25, 0.3) is 0 Å². The van der Waals surface area contributed by atoms with Crippen LogP contribution in [0.1, 0.15) is 33.1 Å². The molecule has 2 aliphatic rings. The van der Waals surface area contributed by atoms with Gasteiger partial charge in [0.15, 0.2) is 0 Å². The van der Waals surface area contributed by atoms with Crippen LogP contribution in [0.4, 0.5) is 0 Å². The fourth-order valence-corrected chi connectivity index (χ4v) is 2.26. The van der Waals surface area contributed by atoms with Crippen LogP contribution in [-0.4, -0.2) is 24.3 Å². The maximum Gasteiger partial charge on any atom is 0.0807 e. The molecule has 64 valence electrons. The summed E-state index contributed by atoms with van der Waals surface area (Å²) in [7, 11) is 0. The summed E-state index contributed by atoms with van der Waals surface area (Å²) in [6, 6.07) is 0. The Kier molecular flexibility index (Phi) is 1.52. The Morgan fingerprint density at radius 2 is 2.00 bits per heavy atom. The molecule has 0 unspecified atom stereocenters. The lowest BCUT2D eigenvalue weighted by molar-refractivity contribution is -0.143. The zero-order chi connectivity index (χ0) is 7.95. The summed E-state index contributed by atoms with van der Waals surface area (Å²) < 4.78 is 5.76. The highest BCUT2D eigenvalue weighted by atomic mass is 16.5. The second-order valence-electron chi connectivity index (χ2n) is 4.22. The van der Waals surface area contributed by atoms with Gasteiger partial charge in [-0.25, -0.2) is 0 Å². The zero-order valence-corrected chi connectivity index (χ0v) is 7.44. The fourth-order valence-electron chi connectivity index (χ4n) is 2.26. The minimum absolute atomic E-state index is 0.0590. The van der Waals surface area contributed by atoms with Gasteiger partial charge in [-0.1, -0.05) is 0 Å². The Hall–Kier alpha value is -0.0800. The molecule has 1 spiro atoms. The van der Waals surface area contributed by atoms with Gasteiger partial charge in [0.05, 0.1) is 12.2 Å². The van der Waals surface area contributed by atoms with Gasteiger partial charge in [-0.15, -0.1) is 0 Å². The first-order valence-electron chi connectivity index (χ1n) is 4.55. The standard InChI is InChI=1S/C9H17NO/c1-8(2)9(4-3-5-9)10-6-7-11-8/h10H,3-7H2,1-2H3. The molecule has 2 rings (SSSR count). The summed E-state index contributed by atoms with van der Waals surface area (Å²) in [5, 5.41) is 3.60. The van der Waals surface area contributed by atoms with E-state index in [2.05, 4.69) is 19.2 Å². The van der Waals surface area contributed by atoms with Gasteiger partial charge in [-0.3, -0.25) is 0 Å². The van der Waals surface area contributed by atoms with Gasteiger partial charge in [0.2, 0.25) is 0 Å². The van der Waals surface area contributed by atoms with E-state index >= 15 is 0 Å². The predicted molar refractivity (Wildman–Crippen MR) is 44.6 cm³/mol. The maximum atomic E-state index is 5.76. The van der Waals surface area contributed by atoms with Gasteiger partial charge in [0, 0.05) is 12.1 Å². The number of nitrogens with one attached hydrogen (secondary N) is 1. The molecule has 2 nitrogen and oxygen atoms in total. The van der Waals surface area contributed by atoms with Crippen molar-refractivity contribution in [3.8, 4) is 0 Å². The smallest absolute Gasteiger partial charge is 0.0807 e. The molecule has 1 saturated heterocycles. The Labute approximate surface area is 68.3 Å². The first-order chi connectivity index (χ1) is 5.16. The van der Waals surface area contributed by atoms with Crippen LogP contribution in [0.5, 0.6) is 0 Å². The quantitative estimate of drug-likeness (QED) is 0.569. The van der Waals surface area contributed by atoms with E-state index in [0.717, 1.165) is 13.2 Å². The molecule has 2 heteroatoms. The maximum absolute atomic E-state index is 5.76. The van der Waals surface area contributed by atoms with E-state index in [1.54, 1.807) is 0 Å². The third kappa shape index (κ3) is 0.926. The van der Waals surface area contributed by atoms with Crippen molar-refractivity contribution >= 4 is 0 Å². The molecule has 1 aliphatic heterocycles. The third-order valence-electron chi connectivity index (χ3n) is 3.39. The van der Waals surface area contributed by atoms with Gasteiger partial charge in [-0.2, -0.15) is 0 Å². The van der Waals surface area contributed by atoms with Crippen molar-refractivity contribution in [1.29, 1.82) is 0 Å². The third-order valence-corrected chi connectivity index (χ3v) is 3.39. The van der Waals surface area contributed by atoms with Crippen LogP contribution >= 0.6 is 0 Å². The Bertz CT molecular complexity index is 161. The molecule has 1 heterocycles. The Balaban J connectivity index is 2.15. The van der Waals surface area contributed by atoms with Crippen LogP contribution < -0.4 is 5.32 Å². The van der Waals surface area contributed by atoms with Crippen molar-refractivity contribution in [3.05, 3.63) is 0 Å². The predicted octanol–water partition coefficient (Wildman–Crippen LogP) is 1.31. The van der Waals surface area contributed by atoms with E-state index in [-0.39, 0.29) is 5.60 Å². The lowest BCUT2D eigenvalue weighted by Crippen LogP contribution is -2.69. The van der Waals surface area contributed by atoms with Crippen molar-refractivity contribution in [3.63, 3.8) is 0 Å². The van der Waals surface area contributed by atoms with Crippen LogP contribution in [0.3, 0.4) is 0 Å². The van der Waals surface area contributed by atoms with E-state index < -0.39 is 0 Å². The number of rotatable bonds is 0. The highest BCUT2D eigenvalue weighted by Crippen LogP contribution is 2.43. The molecule has 0 bridgehead atoms. The fraction of sp³-hybridized carbons (Fsp3) is 1.00. The molecule has 1 N–H and O–H groups in total. The van der Waals surface area contributed by atoms with Crippen molar-refractivity contribution in [1.82, 2.24) is 5.32 Å². The number of hydrogen-bond donors (Lipinski definition) is 1. The van der Waals surface area contributed by atoms with Crippen molar-refractivity contribution in [2.24, 2.45) is 0 Å². The van der Waals surface area contributed by atoms with Gasteiger partial charge >= 0.3 is 0 Å². The molecular formula is C9H17NO. The first kappa shape index (κ1) is 7.56. The SMILES string of the molecule is CC1(C)OCCNC12CCC2. The van der Waals surface area contributed by atoms with Crippen LogP contribution in [0.25, 0.3) is 0 Å². The molecule has 11 heavy (non-hydrogen) atoms. The average molecular weight is 155 g/mol. The second kappa shape index (κ2) is 2.20. The normalized spacial score (nSPS) is 33.3. The molecule has 0 amide bonds. The van der Waals surface area contributed by atoms with Crippen molar-refractivity contribution in [2.75, 3.05) is 13.2 Å². The highest BCUT2D eigenvalue weighted by molar-refractivity contribution is 5.09. The summed E-state index contributed by atoms with van der Waals surface area (Å²) in [6.45, 7) is 6.31. The molecule has 0 radical (unpaired) electrons. The summed E-state index contributed by atoms with van der Waals surface area (Å²) in [4.78, 5) is 0. The van der Waals surface area contributed by atoms with Gasteiger partial charge in [-0.05, 0) is 33.1 Å². The van der Waals surface area contributed by atoms with Gasteiger partial charge in [0.1, 0.15) is 0 Å². The first-order valence-corrected chi connectivity index (χ1v) is 4.55. The van der Waals surface area contributed by atoms with Gasteiger partial charge < -0.3 is 10.1 Å². The molecular weight excluding hydrogens is 138 g/mol. The summed E-state index contributed by atoms with van der Waals surface area (Å²) in [5.41, 5.74) is 0.384. The van der Waals surface area contributed by atoms with Crippen molar-refractivity contribution < 1.29 is 4.74 Å². The lowest BCUT2D eigenvalue weighted by Gasteiger charge is -2.56. The van der Waals surface area contributed by atoms with Crippen LogP contribution in [0.15, 0.2) is 0 Å². The largest absolute Gasteiger partial charge is 0.372 e. The van der Waals surface area contributed by atoms with E-state index in [4.69, 9.17) is 4.74 Å². The number of hydrogen-bond acceptors (Lipinski definition) is 2. The molecule has 0 aromatic heterocycles. The van der Waals surface area contributed by atoms with Crippen molar-refractivity contribution in [2.45, 2.75) is 44.2 Å². The molecule has 0 atom stereocenters. The summed E-state index contributed by atoms with van der Waals surface area (Å²) in [5.74, 6) is 0. The van der Waals surface area contributed by atoms with E-state index in [0.29, 0.717) is 5.54 Å². The average Bonchev–Trinajstić information content (AvgIpc) is 1.83. The molecule has 0 aromatic rings. The Morgan fingerprint density at radius 1 is 1.27 bits per heavy atom. The minimum Gasteiger partial charge on any atom is -0.372 e. The van der Waals surface area contributed by atoms with E-state index in [9.17, 15) is 0 Å². The highest BCUT2D eigenvalue weighted by Gasteiger charge is 2.51. The monoisotopic (exact) mass is 155 g/mol. The number of ether oxygens (including phenoxy) is 1. The van der Waals surface area contributed by atoms with Crippen LogP contribution in [-0.2, 0) is 4.74 Å². The molecule has 2 fully saturated rings. The van der Waals surface area contributed by atoms with Crippen LogP contribution in [0, 0.1) is 0 Å². The second-order valence-corrected chi connectivity index (χ2v) is 4.22. The zero-order valence-electron chi connectivity index (χ0n) is 7.44. The topological polar surface area (TPSA) is 21.3 Å². The minimum atomic E-state index is 0.0590. The Morgan fingerprint density at radius 3 is 2.36 bits per heavy atom.